The van der Waals surface area contributed by atoms with Crippen LogP contribution in [0.15, 0.2) is 0 Å². The number of ether oxygens (including phenoxy) is 3. The van der Waals surface area contributed by atoms with Gasteiger partial charge in [0.25, 0.3) is 0 Å². The minimum Gasteiger partial charge on any atom is -0.457 e. The van der Waals surface area contributed by atoms with Crippen molar-refractivity contribution < 1.29 is 28.6 Å². The Morgan fingerprint density at radius 2 is 1.22 bits per heavy atom. The van der Waals surface area contributed by atoms with E-state index in [4.69, 9.17) is 9.47 Å². The van der Waals surface area contributed by atoms with Crippen LogP contribution in [0.5, 0.6) is 0 Å². The second-order valence-corrected chi connectivity index (χ2v) is 5.66. The SMILES string of the molecule is CC(C)(C)OC(=O)COC(=O)C(=O)OC(C)(C)C. The van der Waals surface area contributed by atoms with Crippen LogP contribution < -0.4 is 0 Å². The molecule has 18 heavy (non-hydrogen) atoms. The maximum Gasteiger partial charge on any atom is 0.418 e. The highest BCUT2D eigenvalue weighted by Gasteiger charge is 2.25. The Bertz CT molecular complexity index is 331. The second kappa shape index (κ2) is 5.84. The molecule has 0 saturated carbocycles. The molecule has 0 bridgehead atoms. The third-order valence-corrected chi connectivity index (χ3v) is 1.31. The lowest BCUT2D eigenvalue weighted by Gasteiger charge is -2.20. The molecule has 0 amide bonds. The topological polar surface area (TPSA) is 78.9 Å². The summed E-state index contributed by atoms with van der Waals surface area (Å²) >= 11 is 0. The molecule has 0 rings (SSSR count). The van der Waals surface area contributed by atoms with Gasteiger partial charge in [-0.05, 0) is 41.5 Å². The first-order chi connectivity index (χ1) is 7.91. The lowest BCUT2D eigenvalue weighted by Crippen LogP contribution is -2.32. The van der Waals surface area contributed by atoms with Crippen LogP contribution in [-0.4, -0.2) is 35.7 Å². The molecule has 0 aromatic heterocycles. The van der Waals surface area contributed by atoms with E-state index in [0.717, 1.165) is 0 Å². The van der Waals surface area contributed by atoms with Gasteiger partial charge in [0.1, 0.15) is 11.2 Å². The highest BCUT2D eigenvalue weighted by Crippen LogP contribution is 2.08. The van der Waals surface area contributed by atoms with E-state index < -0.39 is 35.7 Å². The molecular formula is C12H20O6. The van der Waals surface area contributed by atoms with Crippen molar-refractivity contribution in [2.45, 2.75) is 52.7 Å². The Balaban J connectivity index is 4.12. The molecule has 0 spiro atoms. The minimum absolute atomic E-state index is 0.616. The summed E-state index contributed by atoms with van der Waals surface area (Å²) in [5, 5.41) is 0. The molecule has 0 aromatic rings. The molecule has 0 fully saturated rings. The van der Waals surface area contributed by atoms with Crippen molar-refractivity contribution in [1.82, 2.24) is 0 Å². The molecule has 6 nitrogen and oxygen atoms in total. The van der Waals surface area contributed by atoms with Crippen LogP contribution in [0.4, 0.5) is 0 Å². The van der Waals surface area contributed by atoms with Gasteiger partial charge in [0.05, 0.1) is 0 Å². The molecule has 0 aliphatic rings. The van der Waals surface area contributed by atoms with Crippen LogP contribution in [0.25, 0.3) is 0 Å². The fourth-order valence-electron chi connectivity index (χ4n) is 0.874. The van der Waals surface area contributed by atoms with Gasteiger partial charge >= 0.3 is 17.9 Å². The molecule has 0 aromatic carbocycles. The summed E-state index contributed by atoms with van der Waals surface area (Å²) in [6.45, 7) is 9.28. The van der Waals surface area contributed by atoms with Gasteiger partial charge < -0.3 is 14.2 Å². The van der Waals surface area contributed by atoms with E-state index in [1.165, 1.54) is 0 Å². The Kier molecular flexibility index (Phi) is 5.32. The molecular weight excluding hydrogens is 240 g/mol. The van der Waals surface area contributed by atoms with Crippen molar-refractivity contribution in [3.63, 3.8) is 0 Å². The normalized spacial score (nSPS) is 11.7. The van der Waals surface area contributed by atoms with E-state index in [0.29, 0.717) is 0 Å². The third kappa shape index (κ3) is 8.55. The Labute approximate surface area is 107 Å². The summed E-state index contributed by atoms with van der Waals surface area (Å²) in [5.74, 6) is -3.07. The Morgan fingerprint density at radius 3 is 1.61 bits per heavy atom. The summed E-state index contributed by atoms with van der Waals surface area (Å²) in [6.07, 6.45) is 0. The fourth-order valence-corrected chi connectivity index (χ4v) is 0.874. The zero-order chi connectivity index (χ0) is 14.6. The van der Waals surface area contributed by atoms with Crippen LogP contribution in [0, 0.1) is 0 Å². The molecule has 0 N–H and O–H groups in total. The second-order valence-electron chi connectivity index (χ2n) is 5.66. The number of carbonyl (C=O) groups excluding carboxylic acids is 3. The average molecular weight is 260 g/mol. The summed E-state index contributed by atoms with van der Waals surface area (Å²) < 4.78 is 14.1. The molecule has 0 saturated heterocycles. The quantitative estimate of drug-likeness (QED) is 0.422. The largest absolute Gasteiger partial charge is 0.457 e. The van der Waals surface area contributed by atoms with Crippen LogP contribution in [0.1, 0.15) is 41.5 Å². The molecule has 0 aliphatic heterocycles. The van der Waals surface area contributed by atoms with Gasteiger partial charge in [-0.2, -0.15) is 0 Å². The third-order valence-electron chi connectivity index (χ3n) is 1.31. The molecule has 0 heterocycles. The molecule has 104 valence electrons. The molecule has 0 atom stereocenters. The van der Waals surface area contributed by atoms with Crippen LogP contribution >= 0.6 is 0 Å². The van der Waals surface area contributed by atoms with E-state index in [9.17, 15) is 14.4 Å². The predicted molar refractivity (Wildman–Crippen MR) is 62.6 cm³/mol. The van der Waals surface area contributed by atoms with Crippen molar-refractivity contribution >= 4 is 17.9 Å². The Morgan fingerprint density at radius 1 is 0.778 bits per heavy atom. The van der Waals surface area contributed by atoms with Crippen molar-refractivity contribution in [2.24, 2.45) is 0 Å². The summed E-state index contributed by atoms with van der Waals surface area (Å²) in [6, 6.07) is 0. The van der Waals surface area contributed by atoms with E-state index in [-0.39, 0.29) is 0 Å². The van der Waals surface area contributed by atoms with Crippen molar-refractivity contribution in [3.05, 3.63) is 0 Å². The van der Waals surface area contributed by atoms with Crippen LogP contribution in [0.3, 0.4) is 0 Å². The number of carbonyl (C=O) groups is 3. The van der Waals surface area contributed by atoms with E-state index in [1.54, 1.807) is 41.5 Å². The summed E-state index contributed by atoms with van der Waals surface area (Å²) in [7, 11) is 0. The standard InChI is InChI=1S/C12H20O6/c1-11(2,3)17-8(13)7-16-9(14)10(15)18-12(4,5)6/h7H2,1-6H3. The van der Waals surface area contributed by atoms with Crippen LogP contribution in [0.2, 0.25) is 0 Å². The van der Waals surface area contributed by atoms with E-state index in [2.05, 4.69) is 4.74 Å². The number of hydrogen-bond donors (Lipinski definition) is 0. The van der Waals surface area contributed by atoms with E-state index in [1.807, 2.05) is 0 Å². The van der Waals surface area contributed by atoms with E-state index >= 15 is 0 Å². The Hall–Kier alpha value is -1.59. The molecule has 6 heteroatoms. The first-order valence-electron chi connectivity index (χ1n) is 5.53. The monoisotopic (exact) mass is 260 g/mol. The average Bonchev–Trinajstić information content (AvgIpc) is 2.08. The molecule has 0 radical (unpaired) electrons. The first-order valence-corrected chi connectivity index (χ1v) is 5.53. The van der Waals surface area contributed by atoms with Gasteiger partial charge in [-0.25, -0.2) is 14.4 Å². The number of esters is 3. The smallest absolute Gasteiger partial charge is 0.418 e. The zero-order valence-corrected chi connectivity index (χ0v) is 11.7. The maximum absolute atomic E-state index is 11.2. The van der Waals surface area contributed by atoms with Gasteiger partial charge in [0, 0.05) is 0 Å². The van der Waals surface area contributed by atoms with Crippen molar-refractivity contribution in [1.29, 1.82) is 0 Å². The highest BCUT2D eigenvalue weighted by atomic mass is 16.6. The lowest BCUT2D eigenvalue weighted by molar-refractivity contribution is -0.179. The predicted octanol–water partition coefficient (Wildman–Crippen LogP) is 1.21. The van der Waals surface area contributed by atoms with Gasteiger partial charge in [-0.15, -0.1) is 0 Å². The van der Waals surface area contributed by atoms with Crippen molar-refractivity contribution in [2.75, 3.05) is 6.61 Å². The molecule has 0 aliphatic carbocycles. The van der Waals surface area contributed by atoms with Gasteiger partial charge in [-0.1, -0.05) is 0 Å². The lowest BCUT2D eigenvalue weighted by atomic mass is 10.2. The summed E-state index contributed by atoms with van der Waals surface area (Å²) in [4.78, 5) is 33.6. The zero-order valence-electron chi connectivity index (χ0n) is 11.7. The van der Waals surface area contributed by atoms with Gasteiger partial charge in [-0.3, -0.25) is 0 Å². The summed E-state index contributed by atoms with van der Waals surface area (Å²) in [5.41, 5.74) is -1.46. The highest BCUT2D eigenvalue weighted by molar-refractivity contribution is 6.30. The minimum atomic E-state index is -1.21. The van der Waals surface area contributed by atoms with Crippen LogP contribution in [-0.2, 0) is 28.6 Å². The van der Waals surface area contributed by atoms with Crippen molar-refractivity contribution in [3.8, 4) is 0 Å². The maximum atomic E-state index is 11.2. The number of hydrogen-bond acceptors (Lipinski definition) is 6. The van der Waals surface area contributed by atoms with Gasteiger partial charge in [0.2, 0.25) is 0 Å². The number of rotatable bonds is 2. The first kappa shape index (κ1) is 16.4. The van der Waals surface area contributed by atoms with Gasteiger partial charge in [0.15, 0.2) is 6.61 Å². The molecule has 0 unspecified atom stereocenters. The fraction of sp³-hybridized carbons (Fsp3) is 0.750.